The zero-order valence-corrected chi connectivity index (χ0v) is 13.8. The summed E-state index contributed by atoms with van der Waals surface area (Å²) in [5, 5.41) is 14.0. The van der Waals surface area contributed by atoms with Crippen LogP contribution in [0.15, 0.2) is 42.7 Å². The lowest BCUT2D eigenvalue weighted by Crippen LogP contribution is -1.94. The van der Waals surface area contributed by atoms with Gasteiger partial charge in [0.15, 0.2) is 5.82 Å². The highest BCUT2D eigenvalue weighted by molar-refractivity contribution is 7.19. The Bertz CT molecular complexity index is 974. The van der Waals surface area contributed by atoms with Gasteiger partial charge in [0, 0.05) is 29.6 Å². The number of hydrogen-bond donors (Lipinski definition) is 0. The van der Waals surface area contributed by atoms with Crippen LogP contribution >= 0.6 is 11.3 Å². The van der Waals surface area contributed by atoms with E-state index in [9.17, 15) is 0 Å². The SMILES string of the molecule is COc1cc(OC)cc(-c2nnc3sc(-c4ccncc4)nn23)c1. The van der Waals surface area contributed by atoms with E-state index in [1.54, 1.807) is 31.1 Å². The number of benzene rings is 1. The van der Waals surface area contributed by atoms with Crippen LogP contribution in [0.3, 0.4) is 0 Å². The molecule has 0 aliphatic heterocycles. The Labute approximate surface area is 141 Å². The normalized spacial score (nSPS) is 10.9. The van der Waals surface area contributed by atoms with Gasteiger partial charge < -0.3 is 9.47 Å². The first-order valence-electron chi connectivity index (χ1n) is 7.14. The van der Waals surface area contributed by atoms with E-state index >= 15 is 0 Å². The van der Waals surface area contributed by atoms with Gasteiger partial charge in [-0.05, 0) is 24.3 Å². The van der Waals surface area contributed by atoms with E-state index in [1.165, 1.54) is 11.3 Å². The molecule has 0 aliphatic carbocycles. The largest absolute Gasteiger partial charge is 0.497 e. The molecule has 4 aromatic rings. The van der Waals surface area contributed by atoms with Crippen molar-refractivity contribution in [3.05, 3.63) is 42.7 Å². The lowest BCUT2D eigenvalue weighted by molar-refractivity contribution is 0.394. The minimum Gasteiger partial charge on any atom is -0.497 e. The monoisotopic (exact) mass is 339 g/mol. The van der Waals surface area contributed by atoms with E-state index in [0.717, 1.165) is 21.1 Å². The molecule has 8 heteroatoms. The fourth-order valence-electron chi connectivity index (χ4n) is 2.34. The third-order valence-corrected chi connectivity index (χ3v) is 4.48. The van der Waals surface area contributed by atoms with E-state index in [-0.39, 0.29) is 0 Å². The molecule has 4 rings (SSSR count). The van der Waals surface area contributed by atoms with Gasteiger partial charge in [0.2, 0.25) is 4.96 Å². The Kier molecular flexibility index (Phi) is 3.58. The van der Waals surface area contributed by atoms with E-state index in [2.05, 4.69) is 20.3 Å². The van der Waals surface area contributed by atoms with Gasteiger partial charge in [-0.2, -0.15) is 9.61 Å². The number of hydrogen-bond acceptors (Lipinski definition) is 7. The molecule has 0 saturated carbocycles. The molecular formula is C16H13N5O2S. The summed E-state index contributed by atoms with van der Waals surface area (Å²) >= 11 is 1.47. The van der Waals surface area contributed by atoms with E-state index in [1.807, 2.05) is 30.3 Å². The van der Waals surface area contributed by atoms with Gasteiger partial charge in [0.25, 0.3) is 0 Å². The molecule has 0 aliphatic rings. The molecule has 1 aromatic carbocycles. The fraction of sp³-hybridized carbons (Fsp3) is 0.125. The molecule has 0 saturated heterocycles. The minimum atomic E-state index is 0.638. The number of ether oxygens (including phenoxy) is 2. The van der Waals surface area contributed by atoms with E-state index < -0.39 is 0 Å². The predicted octanol–water partition coefficient (Wildman–Crippen LogP) is 2.93. The van der Waals surface area contributed by atoms with Gasteiger partial charge in [0.05, 0.1) is 14.2 Å². The minimum absolute atomic E-state index is 0.638. The molecule has 0 bridgehead atoms. The third kappa shape index (κ3) is 2.46. The maximum atomic E-state index is 5.32. The number of methoxy groups -OCH3 is 2. The molecule has 24 heavy (non-hydrogen) atoms. The highest BCUT2D eigenvalue weighted by Crippen LogP contribution is 2.31. The van der Waals surface area contributed by atoms with Crippen LogP contribution in [0.2, 0.25) is 0 Å². The Morgan fingerprint density at radius 2 is 1.62 bits per heavy atom. The summed E-state index contributed by atoms with van der Waals surface area (Å²) in [5.74, 6) is 2.01. The molecule has 3 heterocycles. The quantitative estimate of drug-likeness (QED) is 0.569. The lowest BCUT2D eigenvalue weighted by atomic mass is 10.2. The molecule has 120 valence electrons. The van der Waals surface area contributed by atoms with Crippen molar-refractivity contribution >= 4 is 16.3 Å². The van der Waals surface area contributed by atoms with Crippen LogP contribution in [-0.2, 0) is 0 Å². The second-order valence-corrected chi connectivity index (χ2v) is 5.92. The summed E-state index contributed by atoms with van der Waals surface area (Å²) in [4.78, 5) is 4.75. The van der Waals surface area contributed by atoms with Crippen molar-refractivity contribution in [3.63, 3.8) is 0 Å². The second-order valence-electron chi connectivity index (χ2n) is 4.96. The summed E-state index contributed by atoms with van der Waals surface area (Å²) in [7, 11) is 3.23. The topological polar surface area (TPSA) is 74.4 Å². The first-order chi connectivity index (χ1) is 11.8. The van der Waals surface area contributed by atoms with Crippen molar-refractivity contribution in [2.75, 3.05) is 14.2 Å². The Balaban J connectivity index is 1.85. The van der Waals surface area contributed by atoms with Gasteiger partial charge in [-0.3, -0.25) is 4.98 Å². The maximum absolute atomic E-state index is 5.32. The van der Waals surface area contributed by atoms with Crippen LogP contribution in [0.25, 0.3) is 26.9 Å². The molecule has 0 amide bonds. The first-order valence-corrected chi connectivity index (χ1v) is 7.96. The van der Waals surface area contributed by atoms with E-state index in [4.69, 9.17) is 9.47 Å². The Hall–Kier alpha value is -3.00. The van der Waals surface area contributed by atoms with Crippen LogP contribution in [0.1, 0.15) is 0 Å². The van der Waals surface area contributed by atoms with Crippen LogP contribution in [0.4, 0.5) is 0 Å². The number of rotatable bonds is 4. The summed E-state index contributed by atoms with van der Waals surface area (Å²) in [6.07, 6.45) is 3.48. The molecule has 0 N–H and O–H groups in total. The Morgan fingerprint density at radius 3 is 2.29 bits per heavy atom. The molecule has 0 unspecified atom stereocenters. The molecule has 0 atom stereocenters. The van der Waals surface area contributed by atoms with Crippen molar-refractivity contribution < 1.29 is 9.47 Å². The molecular weight excluding hydrogens is 326 g/mol. The van der Waals surface area contributed by atoms with Gasteiger partial charge >= 0.3 is 0 Å². The number of aromatic nitrogens is 5. The highest BCUT2D eigenvalue weighted by Gasteiger charge is 2.16. The number of pyridine rings is 1. The van der Waals surface area contributed by atoms with Crippen molar-refractivity contribution in [2.24, 2.45) is 0 Å². The van der Waals surface area contributed by atoms with E-state index in [0.29, 0.717) is 17.3 Å². The second kappa shape index (κ2) is 5.89. The van der Waals surface area contributed by atoms with Crippen molar-refractivity contribution in [1.82, 2.24) is 24.8 Å². The zero-order valence-electron chi connectivity index (χ0n) is 13.0. The highest BCUT2D eigenvalue weighted by atomic mass is 32.1. The summed E-state index contributed by atoms with van der Waals surface area (Å²) in [5.41, 5.74) is 1.82. The summed E-state index contributed by atoms with van der Waals surface area (Å²) in [6.45, 7) is 0. The molecule has 0 fully saturated rings. The average Bonchev–Trinajstić information content (AvgIpc) is 3.22. The predicted molar refractivity (Wildman–Crippen MR) is 90.4 cm³/mol. The van der Waals surface area contributed by atoms with Crippen molar-refractivity contribution in [1.29, 1.82) is 0 Å². The van der Waals surface area contributed by atoms with Gasteiger partial charge in [-0.1, -0.05) is 11.3 Å². The Morgan fingerprint density at radius 1 is 0.917 bits per heavy atom. The molecule has 0 radical (unpaired) electrons. The lowest BCUT2D eigenvalue weighted by Gasteiger charge is -2.06. The standard InChI is InChI=1S/C16H13N5O2S/c1-22-12-7-11(8-13(9-12)23-2)14-18-19-16-21(14)20-15(24-16)10-3-5-17-6-4-10/h3-9H,1-2H3. The molecule has 7 nitrogen and oxygen atoms in total. The average molecular weight is 339 g/mol. The number of fused-ring (bicyclic) bond motifs is 1. The van der Waals surface area contributed by atoms with Gasteiger partial charge in [0.1, 0.15) is 16.5 Å². The van der Waals surface area contributed by atoms with Crippen LogP contribution in [0, 0.1) is 0 Å². The first kappa shape index (κ1) is 14.6. The van der Waals surface area contributed by atoms with Crippen LogP contribution in [-0.4, -0.2) is 39.0 Å². The summed E-state index contributed by atoms with van der Waals surface area (Å²) < 4.78 is 12.4. The summed E-state index contributed by atoms with van der Waals surface area (Å²) in [6, 6.07) is 9.40. The van der Waals surface area contributed by atoms with Crippen LogP contribution < -0.4 is 9.47 Å². The van der Waals surface area contributed by atoms with Gasteiger partial charge in [-0.25, -0.2) is 0 Å². The fourth-order valence-corrected chi connectivity index (χ4v) is 3.19. The van der Waals surface area contributed by atoms with Crippen molar-refractivity contribution in [2.45, 2.75) is 0 Å². The molecule has 0 spiro atoms. The zero-order chi connectivity index (χ0) is 16.5. The number of nitrogens with zero attached hydrogens (tertiary/aromatic N) is 5. The van der Waals surface area contributed by atoms with Crippen molar-refractivity contribution in [3.8, 4) is 33.5 Å². The maximum Gasteiger partial charge on any atom is 0.235 e. The molecule has 3 aromatic heterocycles. The van der Waals surface area contributed by atoms with Gasteiger partial charge in [-0.15, -0.1) is 10.2 Å². The van der Waals surface area contributed by atoms with Crippen LogP contribution in [0.5, 0.6) is 11.5 Å². The third-order valence-electron chi connectivity index (χ3n) is 3.53. The smallest absolute Gasteiger partial charge is 0.235 e.